The van der Waals surface area contributed by atoms with Crippen LogP contribution < -0.4 is 5.69 Å². The van der Waals surface area contributed by atoms with Gasteiger partial charge in [-0.05, 0) is 41.9 Å². The molecular weight excluding hydrogens is 327 g/mol. The molecular formula is C14H12BrFN2O2. The highest BCUT2D eigenvalue weighted by Crippen LogP contribution is 2.17. The molecule has 1 aromatic carbocycles. The van der Waals surface area contributed by atoms with Gasteiger partial charge in [0.05, 0.1) is 16.7 Å². The maximum atomic E-state index is 13.1. The largest absolute Gasteiger partial charge is 0.348 e. The fraction of sp³-hybridized carbons (Fsp3) is 0.214. The average molecular weight is 339 g/mol. The van der Waals surface area contributed by atoms with E-state index in [1.807, 2.05) is 0 Å². The second-order valence-electron chi connectivity index (χ2n) is 4.40. The third-order valence-corrected chi connectivity index (χ3v) is 4.13. The van der Waals surface area contributed by atoms with Crippen LogP contribution in [-0.2, 0) is 6.54 Å². The summed E-state index contributed by atoms with van der Waals surface area (Å²) in [6.45, 7) is 3.26. The van der Waals surface area contributed by atoms with E-state index in [9.17, 15) is 14.0 Å². The van der Waals surface area contributed by atoms with E-state index in [2.05, 4.69) is 20.9 Å². The van der Waals surface area contributed by atoms with E-state index >= 15 is 0 Å². The lowest BCUT2D eigenvalue weighted by atomic mass is 10.1. The van der Waals surface area contributed by atoms with Crippen molar-refractivity contribution in [2.45, 2.75) is 20.4 Å². The molecule has 0 saturated heterocycles. The summed E-state index contributed by atoms with van der Waals surface area (Å²) in [5.41, 5.74) is 0.926. The number of rotatable bonds is 3. The third kappa shape index (κ3) is 2.85. The van der Waals surface area contributed by atoms with Gasteiger partial charge < -0.3 is 0 Å². The number of ketones is 1. The lowest BCUT2D eigenvalue weighted by Gasteiger charge is -2.11. The van der Waals surface area contributed by atoms with Crippen molar-refractivity contribution >= 4 is 21.7 Å². The summed E-state index contributed by atoms with van der Waals surface area (Å²) in [6, 6.07) is 5.39. The van der Waals surface area contributed by atoms with Crippen LogP contribution in [0.3, 0.4) is 0 Å². The average Bonchev–Trinajstić information content (AvgIpc) is 2.41. The Labute approximate surface area is 123 Å². The van der Waals surface area contributed by atoms with E-state index in [1.54, 1.807) is 13.8 Å². The highest BCUT2D eigenvalue weighted by molar-refractivity contribution is 9.10. The van der Waals surface area contributed by atoms with Gasteiger partial charge in [0.1, 0.15) is 5.82 Å². The van der Waals surface area contributed by atoms with Gasteiger partial charge >= 0.3 is 5.69 Å². The molecule has 0 saturated carbocycles. The first-order chi connectivity index (χ1) is 9.40. The monoisotopic (exact) mass is 338 g/mol. The van der Waals surface area contributed by atoms with Gasteiger partial charge in [-0.15, -0.1) is 0 Å². The molecule has 0 spiro atoms. The SMILES string of the molecule is Cc1nc(=O)n(CC(=O)c2cccc(F)c2)c(C)c1Br. The van der Waals surface area contributed by atoms with E-state index < -0.39 is 11.5 Å². The van der Waals surface area contributed by atoms with E-state index in [0.29, 0.717) is 15.9 Å². The second kappa shape index (κ2) is 5.66. The van der Waals surface area contributed by atoms with Gasteiger partial charge in [-0.3, -0.25) is 9.36 Å². The zero-order valence-electron chi connectivity index (χ0n) is 11.0. The summed E-state index contributed by atoms with van der Waals surface area (Å²) in [5.74, 6) is -0.824. The van der Waals surface area contributed by atoms with Gasteiger partial charge in [0.15, 0.2) is 5.78 Å². The highest BCUT2D eigenvalue weighted by Gasteiger charge is 2.14. The second-order valence-corrected chi connectivity index (χ2v) is 5.19. The number of aromatic nitrogens is 2. The predicted octanol–water partition coefficient (Wildman–Crippen LogP) is 2.64. The lowest BCUT2D eigenvalue weighted by Crippen LogP contribution is -2.29. The standard InChI is InChI=1S/C14H12BrFN2O2/c1-8-13(15)9(2)18(14(20)17-8)7-12(19)10-4-3-5-11(16)6-10/h3-6H,7H2,1-2H3. The highest BCUT2D eigenvalue weighted by atomic mass is 79.9. The van der Waals surface area contributed by atoms with Crippen molar-refractivity contribution in [3.63, 3.8) is 0 Å². The Balaban J connectivity index is 2.38. The van der Waals surface area contributed by atoms with Crippen molar-refractivity contribution in [3.05, 3.63) is 62.0 Å². The number of hydrogen-bond acceptors (Lipinski definition) is 3. The first-order valence-electron chi connectivity index (χ1n) is 5.92. The van der Waals surface area contributed by atoms with Gasteiger partial charge in [-0.25, -0.2) is 9.18 Å². The van der Waals surface area contributed by atoms with E-state index in [-0.39, 0.29) is 17.9 Å². The number of nitrogens with zero attached hydrogens (tertiary/aromatic N) is 2. The molecule has 0 aliphatic carbocycles. The summed E-state index contributed by atoms with van der Waals surface area (Å²) in [5, 5.41) is 0. The Morgan fingerprint density at radius 1 is 1.40 bits per heavy atom. The zero-order chi connectivity index (χ0) is 14.9. The van der Waals surface area contributed by atoms with Crippen molar-refractivity contribution in [1.82, 2.24) is 9.55 Å². The van der Waals surface area contributed by atoms with Crippen LogP contribution in [-0.4, -0.2) is 15.3 Å². The number of benzene rings is 1. The van der Waals surface area contributed by atoms with Gasteiger partial charge in [-0.1, -0.05) is 12.1 Å². The van der Waals surface area contributed by atoms with Crippen LogP contribution in [0.5, 0.6) is 0 Å². The topological polar surface area (TPSA) is 52.0 Å². The Bertz CT molecular complexity index is 740. The minimum absolute atomic E-state index is 0.167. The lowest BCUT2D eigenvalue weighted by molar-refractivity contribution is 0.0969. The molecule has 104 valence electrons. The molecule has 0 N–H and O–H groups in total. The summed E-state index contributed by atoms with van der Waals surface area (Å²) in [6.07, 6.45) is 0. The molecule has 0 unspecified atom stereocenters. The molecule has 1 aromatic heterocycles. The van der Waals surface area contributed by atoms with E-state index in [4.69, 9.17) is 0 Å². The minimum Gasteiger partial charge on any atom is -0.292 e. The Kier molecular flexibility index (Phi) is 4.13. The molecule has 2 aromatic rings. The van der Waals surface area contributed by atoms with Gasteiger partial charge in [0.25, 0.3) is 0 Å². The van der Waals surface area contributed by atoms with Crippen molar-refractivity contribution in [3.8, 4) is 0 Å². The van der Waals surface area contributed by atoms with Crippen LogP contribution in [0.4, 0.5) is 4.39 Å². The quantitative estimate of drug-likeness (QED) is 0.808. The number of carbonyl (C=O) groups excluding carboxylic acids is 1. The van der Waals surface area contributed by atoms with Crippen molar-refractivity contribution < 1.29 is 9.18 Å². The molecule has 4 nitrogen and oxygen atoms in total. The summed E-state index contributed by atoms with van der Waals surface area (Å²) < 4.78 is 15.1. The summed E-state index contributed by atoms with van der Waals surface area (Å²) in [7, 11) is 0. The predicted molar refractivity (Wildman–Crippen MR) is 76.4 cm³/mol. The van der Waals surface area contributed by atoms with Gasteiger partial charge in [0.2, 0.25) is 0 Å². The number of halogens is 2. The maximum absolute atomic E-state index is 13.1. The van der Waals surface area contributed by atoms with Gasteiger partial charge in [-0.2, -0.15) is 4.98 Å². The molecule has 0 amide bonds. The molecule has 0 radical (unpaired) electrons. The van der Waals surface area contributed by atoms with Crippen molar-refractivity contribution in [2.75, 3.05) is 0 Å². The number of hydrogen-bond donors (Lipinski definition) is 0. The van der Waals surface area contributed by atoms with Crippen LogP contribution in [0.1, 0.15) is 21.7 Å². The first kappa shape index (κ1) is 14.6. The molecule has 0 aliphatic heterocycles. The molecule has 6 heteroatoms. The smallest absolute Gasteiger partial charge is 0.292 e. The number of Topliss-reactive ketones (excluding diaryl/α,β-unsaturated/α-hetero) is 1. The fourth-order valence-corrected chi connectivity index (χ4v) is 2.16. The van der Waals surface area contributed by atoms with Crippen molar-refractivity contribution in [2.24, 2.45) is 0 Å². The molecule has 0 atom stereocenters. The number of carbonyl (C=O) groups is 1. The Morgan fingerprint density at radius 3 is 2.75 bits per heavy atom. The number of aryl methyl sites for hydroxylation is 1. The third-order valence-electron chi connectivity index (χ3n) is 2.98. The normalized spacial score (nSPS) is 10.6. The molecule has 20 heavy (non-hydrogen) atoms. The van der Waals surface area contributed by atoms with Crippen LogP contribution in [0.2, 0.25) is 0 Å². The Hall–Kier alpha value is -1.82. The van der Waals surface area contributed by atoms with Crippen molar-refractivity contribution in [1.29, 1.82) is 0 Å². The zero-order valence-corrected chi connectivity index (χ0v) is 12.6. The first-order valence-corrected chi connectivity index (χ1v) is 6.71. The summed E-state index contributed by atoms with van der Waals surface area (Å²) >= 11 is 3.33. The molecule has 0 bridgehead atoms. The maximum Gasteiger partial charge on any atom is 0.348 e. The van der Waals surface area contributed by atoms with E-state index in [1.165, 1.54) is 22.8 Å². The summed E-state index contributed by atoms with van der Waals surface area (Å²) in [4.78, 5) is 27.8. The minimum atomic E-state index is -0.493. The van der Waals surface area contributed by atoms with Crippen LogP contribution in [0.15, 0.2) is 33.5 Å². The fourth-order valence-electron chi connectivity index (χ4n) is 1.86. The van der Waals surface area contributed by atoms with Crippen LogP contribution >= 0.6 is 15.9 Å². The molecule has 0 fully saturated rings. The van der Waals surface area contributed by atoms with Crippen LogP contribution in [0.25, 0.3) is 0 Å². The Morgan fingerprint density at radius 2 is 2.10 bits per heavy atom. The molecule has 1 heterocycles. The van der Waals surface area contributed by atoms with Crippen LogP contribution in [0, 0.1) is 19.7 Å². The molecule has 0 aliphatic rings. The van der Waals surface area contributed by atoms with E-state index in [0.717, 1.165) is 6.07 Å². The van der Waals surface area contributed by atoms with Gasteiger partial charge in [0, 0.05) is 11.3 Å². The molecule has 2 rings (SSSR count).